The molecule has 4 nitrogen and oxygen atoms in total. The van der Waals surface area contributed by atoms with E-state index in [1.807, 2.05) is 0 Å². The topological polar surface area (TPSA) is 65.2 Å². The average Bonchev–Trinajstić information content (AvgIpc) is 2.20. The molecule has 0 amide bonds. The Bertz CT molecular complexity index is 372. The van der Waals surface area contributed by atoms with Crippen molar-refractivity contribution in [2.45, 2.75) is 6.92 Å². The molecule has 1 heterocycles. The molecule has 74 valence electrons. The summed E-state index contributed by atoms with van der Waals surface area (Å²) < 4.78 is 4.56. The number of carbonyl (C=O) groups excluding carboxylic acids is 1. The van der Waals surface area contributed by atoms with Crippen LogP contribution in [-0.2, 0) is 9.53 Å². The zero-order valence-electron chi connectivity index (χ0n) is 8.15. The second-order valence-electron chi connectivity index (χ2n) is 2.82. The van der Waals surface area contributed by atoms with Crippen LogP contribution in [0.1, 0.15) is 12.5 Å². The van der Waals surface area contributed by atoms with Gasteiger partial charge >= 0.3 is 5.97 Å². The molecule has 1 aromatic heterocycles. The van der Waals surface area contributed by atoms with Gasteiger partial charge in [0.2, 0.25) is 0 Å². The first kappa shape index (κ1) is 10.2. The van der Waals surface area contributed by atoms with Crippen LogP contribution in [0.25, 0.3) is 6.08 Å². The largest absolute Gasteiger partial charge is 0.466 e. The Morgan fingerprint density at radius 3 is 2.93 bits per heavy atom. The van der Waals surface area contributed by atoms with Crippen molar-refractivity contribution in [3.63, 3.8) is 0 Å². The number of methoxy groups -OCH3 is 1. The number of esters is 1. The van der Waals surface area contributed by atoms with E-state index in [4.69, 9.17) is 5.73 Å². The number of anilines is 1. The second-order valence-corrected chi connectivity index (χ2v) is 2.82. The van der Waals surface area contributed by atoms with Gasteiger partial charge in [0.1, 0.15) is 0 Å². The first-order chi connectivity index (χ1) is 6.65. The molecule has 0 aromatic carbocycles. The van der Waals surface area contributed by atoms with Crippen molar-refractivity contribution in [3.05, 3.63) is 29.6 Å². The van der Waals surface area contributed by atoms with Gasteiger partial charge in [0.05, 0.1) is 19.0 Å². The standard InChI is InChI=1S/C10H12N2O2/c1-7(10(13)14-2)5-8-3-4-12-6-9(8)11/h3-6H,11H2,1-2H3/b7-5+. The van der Waals surface area contributed by atoms with E-state index < -0.39 is 0 Å². The number of nitrogen functional groups attached to an aromatic ring is 1. The number of nitrogens with zero attached hydrogens (tertiary/aromatic N) is 1. The van der Waals surface area contributed by atoms with Gasteiger partial charge in [-0.2, -0.15) is 0 Å². The number of rotatable bonds is 2. The molecule has 0 radical (unpaired) electrons. The summed E-state index contributed by atoms with van der Waals surface area (Å²) in [6.45, 7) is 1.67. The minimum absolute atomic E-state index is 0.360. The molecule has 0 spiro atoms. The van der Waals surface area contributed by atoms with E-state index >= 15 is 0 Å². The molecule has 1 aromatic rings. The summed E-state index contributed by atoms with van der Waals surface area (Å²) in [6.07, 6.45) is 4.83. The quantitative estimate of drug-likeness (QED) is 0.565. The maximum absolute atomic E-state index is 11.1. The third-order valence-electron chi connectivity index (χ3n) is 1.77. The van der Waals surface area contributed by atoms with Crippen molar-refractivity contribution >= 4 is 17.7 Å². The molecular formula is C10H12N2O2. The zero-order chi connectivity index (χ0) is 10.6. The lowest BCUT2D eigenvalue weighted by atomic mass is 10.1. The van der Waals surface area contributed by atoms with Crippen molar-refractivity contribution in [3.8, 4) is 0 Å². The van der Waals surface area contributed by atoms with Gasteiger partial charge in [0.15, 0.2) is 0 Å². The molecule has 0 aliphatic rings. The molecule has 2 N–H and O–H groups in total. The van der Waals surface area contributed by atoms with Gasteiger partial charge in [-0.05, 0) is 19.1 Å². The molecule has 0 atom stereocenters. The lowest BCUT2D eigenvalue weighted by molar-refractivity contribution is -0.135. The van der Waals surface area contributed by atoms with Crippen LogP contribution < -0.4 is 5.73 Å². The third kappa shape index (κ3) is 2.32. The highest BCUT2D eigenvalue weighted by Crippen LogP contribution is 2.13. The summed E-state index contributed by atoms with van der Waals surface area (Å²) in [5.74, 6) is -0.360. The summed E-state index contributed by atoms with van der Waals surface area (Å²) in [6, 6.07) is 1.74. The molecule has 0 unspecified atom stereocenters. The van der Waals surface area contributed by atoms with Crippen molar-refractivity contribution in [2.75, 3.05) is 12.8 Å². The fraction of sp³-hybridized carbons (Fsp3) is 0.200. The molecule has 0 saturated carbocycles. The number of pyridine rings is 1. The molecule has 0 aliphatic heterocycles. The Kier molecular flexibility index (Phi) is 3.23. The van der Waals surface area contributed by atoms with E-state index in [1.165, 1.54) is 13.3 Å². The zero-order valence-corrected chi connectivity index (χ0v) is 8.15. The maximum Gasteiger partial charge on any atom is 0.333 e. The smallest absolute Gasteiger partial charge is 0.333 e. The number of nitrogens with two attached hydrogens (primary N) is 1. The fourth-order valence-electron chi connectivity index (χ4n) is 1.00. The molecule has 0 saturated heterocycles. The van der Waals surface area contributed by atoms with Crippen LogP contribution in [0.4, 0.5) is 5.69 Å². The summed E-state index contributed by atoms with van der Waals surface area (Å²) in [7, 11) is 1.34. The lowest BCUT2D eigenvalue weighted by Gasteiger charge is -2.01. The molecular weight excluding hydrogens is 180 g/mol. The highest BCUT2D eigenvalue weighted by molar-refractivity contribution is 5.93. The molecule has 0 fully saturated rings. The predicted octanol–water partition coefficient (Wildman–Crippen LogP) is 1.24. The highest BCUT2D eigenvalue weighted by atomic mass is 16.5. The van der Waals surface area contributed by atoms with Crippen LogP contribution in [0, 0.1) is 0 Å². The molecule has 4 heteroatoms. The van der Waals surface area contributed by atoms with Crippen molar-refractivity contribution < 1.29 is 9.53 Å². The Morgan fingerprint density at radius 1 is 1.64 bits per heavy atom. The van der Waals surface area contributed by atoms with Crippen LogP contribution >= 0.6 is 0 Å². The summed E-state index contributed by atoms with van der Waals surface area (Å²) in [5, 5.41) is 0. The van der Waals surface area contributed by atoms with Gasteiger partial charge in [0, 0.05) is 17.3 Å². The lowest BCUT2D eigenvalue weighted by Crippen LogP contribution is -2.01. The molecule has 14 heavy (non-hydrogen) atoms. The Balaban J connectivity index is 2.97. The summed E-state index contributed by atoms with van der Waals surface area (Å²) >= 11 is 0. The minimum Gasteiger partial charge on any atom is -0.466 e. The SMILES string of the molecule is COC(=O)/C(C)=C/c1ccncc1N. The van der Waals surface area contributed by atoms with E-state index in [0.717, 1.165) is 5.56 Å². The highest BCUT2D eigenvalue weighted by Gasteiger charge is 2.03. The van der Waals surface area contributed by atoms with Crippen molar-refractivity contribution in [1.82, 2.24) is 4.98 Å². The molecule has 0 bridgehead atoms. The van der Waals surface area contributed by atoms with E-state index in [1.54, 1.807) is 25.3 Å². The first-order valence-electron chi connectivity index (χ1n) is 4.11. The normalized spacial score (nSPS) is 11.1. The number of aromatic nitrogens is 1. The Hall–Kier alpha value is -1.84. The van der Waals surface area contributed by atoms with Crippen LogP contribution in [0.5, 0.6) is 0 Å². The van der Waals surface area contributed by atoms with E-state index in [0.29, 0.717) is 11.3 Å². The molecule has 0 aliphatic carbocycles. The van der Waals surface area contributed by atoms with Crippen LogP contribution in [0.3, 0.4) is 0 Å². The van der Waals surface area contributed by atoms with E-state index in [2.05, 4.69) is 9.72 Å². The second kappa shape index (κ2) is 4.41. The number of hydrogen-bond donors (Lipinski definition) is 1. The van der Waals surface area contributed by atoms with Crippen LogP contribution in [-0.4, -0.2) is 18.1 Å². The monoisotopic (exact) mass is 192 g/mol. The van der Waals surface area contributed by atoms with Gasteiger partial charge in [0.25, 0.3) is 0 Å². The minimum atomic E-state index is -0.360. The van der Waals surface area contributed by atoms with Crippen LogP contribution in [0.15, 0.2) is 24.0 Å². The first-order valence-corrected chi connectivity index (χ1v) is 4.11. The number of carbonyl (C=O) groups is 1. The summed E-state index contributed by atoms with van der Waals surface area (Å²) in [4.78, 5) is 14.9. The van der Waals surface area contributed by atoms with Gasteiger partial charge in [-0.15, -0.1) is 0 Å². The van der Waals surface area contributed by atoms with Gasteiger partial charge in [-0.1, -0.05) is 0 Å². The molecule has 1 rings (SSSR count). The average molecular weight is 192 g/mol. The van der Waals surface area contributed by atoms with Crippen molar-refractivity contribution in [2.24, 2.45) is 0 Å². The van der Waals surface area contributed by atoms with Gasteiger partial charge in [-0.3, -0.25) is 4.98 Å². The van der Waals surface area contributed by atoms with Crippen molar-refractivity contribution in [1.29, 1.82) is 0 Å². The van der Waals surface area contributed by atoms with Crippen LogP contribution in [0.2, 0.25) is 0 Å². The Labute approximate surface area is 82.4 Å². The maximum atomic E-state index is 11.1. The number of hydrogen-bond acceptors (Lipinski definition) is 4. The Morgan fingerprint density at radius 2 is 2.36 bits per heavy atom. The van der Waals surface area contributed by atoms with E-state index in [-0.39, 0.29) is 5.97 Å². The predicted molar refractivity (Wildman–Crippen MR) is 54.3 cm³/mol. The van der Waals surface area contributed by atoms with Gasteiger partial charge in [-0.25, -0.2) is 4.79 Å². The van der Waals surface area contributed by atoms with E-state index in [9.17, 15) is 4.79 Å². The third-order valence-corrected chi connectivity index (χ3v) is 1.77. The number of ether oxygens (including phenoxy) is 1. The fourth-order valence-corrected chi connectivity index (χ4v) is 1.00. The van der Waals surface area contributed by atoms with Gasteiger partial charge < -0.3 is 10.5 Å². The summed E-state index contributed by atoms with van der Waals surface area (Å²) in [5.41, 5.74) is 7.46.